The average Bonchev–Trinajstić information content (AvgIpc) is 2.86. The Kier molecular flexibility index (Phi) is 5.63. The van der Waals surface area contributed by atoms with Gasteiger partial charge in [-0.15, -0.1) is 0 Å². The number of aliphatic hydroxyl groups is 2. The van der Waals surface area contributed by atoms with E-state index in [-0.39, 0.29) is 13.2 Å². The molecule has 1 aromatic rings. The number of ether oxygens (including phenoxy) is 1. The van der Waals surface area contributed by atoms with Gasteiger partial charge >= 0.3 is 0 Å². The van der Waals surface area contributed by atoms with Gasteiger partial charge < -0.3 is 14.9 Å². The van der Waals surface area contributed by atoms with Gasteiger partial charge in [0.2, 0.25) is 0 Å². The molecule has 1 aliphatic rings. The van der Waals surface area contributed by atoms with Gasteiger partial charge in [0.15, 0.2) is 0 Å². The van der Waals surface area contributed by atoms with Crippen LogP contribution in [0.5, 0.6) is 5.75 Å². The summed E-state index contributed by atoms with van der Waals surface area (Å²) in [5.74, 6) is 0.853. The lowest BCUT2D eigenvalue weighted by atomic mass is 10.1. The van der Waals surface area contributed by atoms with Crippen molar-refractivity contribution < 1.29 is 14.9 Å². The third kappa shape index (κ3) is 3.93. The van der Waals surface area contributed by atoms with Crippen LogP contribution in [-0.2, 0) is 6.54 Å². The van der Waals surface area contributed by atoms with Gasteiger partial charge in [0, 0.05) is 24.8 Å². The van der Waals surface area contributed by atoms with Gasteiger partial charge in [0.25, 0.3) is 0 Å². The summed E-state index contributed by atoms with van der Waals surface area (Å²) in [5, 5.41) is 18.0. The van der Waals surface area contributed by atoms with E-state index in [0.717, 1.165) is 30.8 Å². The summed E-state index contributed by atoms with van der Waals surface area (Å²) in [4.78, 5) is 2.41. The number of aliphatic hydroxyl groups excluding tert-OH is 2. The van der Waals surface area contributed by atoms with Crippen LogP contribution in [0.4, 0.5) is 0 Å². The van der Waals surface area contributed by atoms with E-state index in [1.165, 1.54) is 12.8 Å². The van der Waals surface area contributed by atoms with E-state index in [4.69, 9.17) is 14.9 Å². The SMILES string of the molecule is OCCOc1ccccc1CN1CCCC1CCO. The van der Waals surface area contributed by atoms with Gasteiger partial charge in [0.1, 0.15) is 12.4 Å². The maximum atomic E-state index is 9.10. The minimum absolute atomic E-state index is 0.0329. The first-order valence-electron chi connectivity index (χ1n) is 7.01. The largest absolute Gasteiger partial charge is 0.491 e. The van der Waals surface area contributed by atoms with E-state index >= 15 is 0 Å². The van der Waals surface area contributed by atoms with Gasteiger partial charge in [-0.3, -0.25) is 4.90 Å². The molecule has 1 aromatic carbocycles. The van der Waals surface area contributed by atoms with Crippen LogP contribution in [0.15, 0.2) is 24.3 Å². The Labute approximate surface area is 114 Å². The second kappa shape index (κ2) is 7.48. The van der Waals surface area contributed by atoms with Crippen molar-refractivity contribution in [3.05, 3.63) is 29.8 Å². The molecule has 1 fully saturated rings. The third-order valence-electron chi connectivity index (χ3n) is 3.66. The molecular weight excluding hydrogens is 242 g/mol. The molecule has 2 N–H and O–H groups in total. The molecule has 0 radical (unpaired) electrons. The molecule has 106 valence electrons. The number of benzene rings is 1. The first-order chi connectivity index (χ1) is 9.35. The molecular formula is C15H23NO3. The Morgan fingerprint density at radius 3 is 2.84 bits per heavy atom. The Balaban J connectivity index is 2.01. The Morgan fingerprint density at radius 2 is 2.05 bits per heavy atom. The highest BCUT2D eigenvalue weighted by atomic mass is 16.5. The van der Waals surface area contributed by atoms with Crippen molar-refractivity contribution in [2.24, 2.45) is 0 Å². The van der Waals surface area contributed by atoms with Gasteiger partial charge in [0.05, 0.1) is 6.61 Å². The number of para-hydroxylation sites is 1. The first kappa shape index (κ1) is 14.3. The van der Waals surface area contributed by atoms with Crippen LogP contribution in [0, 0.1) is 0 Å². The van der Waals surface area contributed by atoms with Gasteiger partial charge in [-0.2, -0.15) is 0 Å². The van der Waals surface area contributed by atoms with Gasteiger partial charge in [-0.25, -0.2) is 0 Å². The van der Waals surface area contributed by atoms with Crippen LogP contribution < -0.4 is 4.74 Å². The van der Waals surface area contributed by atoms with E-state index in [9.17, 15) is 0 Å². The molecule has 2 rings (SSSR count). The molecule has 1 heterocycles. The molecule has 4 heteroatoms. The van der Waals surface area contributed by atoms with E-state index in [1.54, 1.807) is 0 Å². The molecule has 4 nitrogen and oxygen atoms in total. The summed E-state index contributed by atoms with van der Waals surface area (Å²) in [6.45, 7) is 2.55. The second-order valence-electron chi connectivity index (χ2n) is 4.96. The van der Waals surface area contributed by atoms with E-state index in [2.05, 4.69) is 11.0 Å². The molecule has 0 saturated carbocycles. The standard InChI is InChI=1S/C15H23NO3/c17-9-7-14-5-3-8-16(14)12-13-4-1-2-6-15(13)19-11-10-18/h1-2,4,6,14,17-18H,3,5,7-12H2. The van der Waals surface area contributed by atoms with Crippen LogP contribution in [0.3, 0.4) is 0 Å². The highest BCUT2D eigenvalue weighted by molar-refractivity contribution is 5.33. The predicted molar refractivity (Wildman–Crippen MR) is 74.2 cm³/mol. The lowest BCUT2D eigenvalue weighted by Gasteiger charge is -2.24. The van der Waals surface area contributed by atoms with Crippen LogP contribution in [0.1, 0.15) is 24.8 Å². The summed E-state index contributed by atoms with van der Waals surface area (Å²) in [7, 11) is 0. The molecule has 1 saturated heterocycles. The third-order valence-corrected chi connectivity index (χ3v) is 3.66. The lowest BCUT2D eigenvalue weighted by Crippen LogP contribution is -2.29. The van der Waals surface area contributed by atoms with Crippen LogP contribution in [-0.4, -0.2) is 47.5 Å². The van der Waals surface area contributed by atoms with Crippen molar-refractivity contribution in [2.75, 3.05) is 26.4 Å². The van der Waals surface area contributed by atoms with Crippen LogP contribution in [0.25, 0.3) is 0 Å². The van der Waals surface area contributed by atoms with Crippen molar-refractivity contribution >= 4 is 0 Å². The number of hydrogen-bond acceptors (Lipinski definition) is 4. The van der Waals surface area contributed by atoms with Gasteiger partial charge in [-0.1, -0.05) is 18.2 Å². The molecule has 0 amide bonds. The van der Waals surface area contributed by atoms with Gasteiger partial charge in [-0.05, 0) is 31.9 Å². The molecule has 0 aromatic heterocycles. The number of nitrogens with zero attached hydrogens (tertiary/aromatic N) is 1. The zero-order valence-electron chi connectivity index (χ0n) is 11.3. The fraction of sp³-hybridized carbons (Fsp3) is 0.600. The van der Waals surface area contributed by atoms with Crippen molar-refractivity contribution in [3.63, 3.8) is 0 Å². The van der Waals surface area contributed by atoms with E-state index < -0.39 is 0 Å². The fourth-order valence-corrected chi connectivity index (χ4v) is 2.73. The summed E-state index contributed by atoms with van der Waals surface area (Å²) in [5.41, 5.74) is 1.15. The molecule has 0 aliphatic carbocycles. The maximum absolute atomic E-state index is 9.10. The average molecular weight is 265 g/mol. The summed E-state index contributed by atoms with van der Waals surface area (Å²) < 4.78 is 5.57. The Morgan fingerprint density at radius 1 is 1.21 bits per heavy atom. The second-order valence-corrected chi connectivity index (χ2v) is 4.96. The Hall–Kier alpha value is -1.10. The topological polar surface area (TPSA) is 52.9 Å². The number of rotatable bonds is 7. The van der Waals surface area contributed by atoms with Crippen molar-refractivity contribution in [3.8, 4) is 5.75 Å². The zero-order chi connectivity index (χ0) is 13.5. The van der Waals surface area contributed by atoms with E-state index in [0.29, 0.717) is 12.6 Å². The normalized spacial score (nSPS) is 19.8. The zero-order valence-corrected chi connectivity index (χ0v) is 11.3. The van der Waals surface area contributed by atoms with Crippen LogP contribution in [0.2, 0.25) is 0 Å². The maximum Gasteiger partial charge on any atom is 0.123 e. The highest BCUT2D eigenvalue weighted by Crippen LogP contribution is 2.26. The summed E-state index contributed by atoms with van der Waals surface area (Å²) in [6, 6.07) is 8.46. The number of likely N-dealkylation sites (tertiary alicyclic amines) is 1. The quantitative estimate of drug-likeness (QED) is 0.782. The molecule has 0 spiro atoms. The van der Waals surface area contributed by atoms with E-state index in [1.807, 2.05) is 18.2 Å². The molecule has 1 atom stereocenters. The molecule has 1 unspecified atom stereocenters. The molecule has 1 aliphatic heterocycles. The minimum Gasteiger partial charge on any atom is -0.491 e. The summed E-state index contributed by atoms with van der Waals surface area (Å²) in [6.07, 6.45) is 3.21. The Bertz CT molecular complexity index is 383. The van der Waals surface area contributed by atoms with Crippen molar-refractivity contribution in [1.29, 1.82) is 0 Å². The van der Waals surface area contributed by atoms with Crippen molar-refractivity contribution in [2.45, 2.75) is 31.8 Å². The molecule has 0 bridgehead atoms. The summed E-state index contributed by atoms with van der Waals surface area (Å²) >= 11 is 0. The lowest BCUT2D eigenvalue weighted by molar-refractivity contribution is 0.181. The van der Waals surface area contributed by atoms with Crippen molar-refractivity contribution in [1.82, 2.24) is 4.90 Å². The fourth-order valence-electron chi connectivity index (χ4n) is 2.73. The minimum atomic E-state index is 0.0329. The monoisotopic (exact) mass is 265 g/mol. The highest BCUT2D eigenvalue weighted by Gasteiger charge is 2.24. The smallest absolute Gasteiger partial charge is 0.123 e. The van der Waals surface area contributed by atoms with Crippen LogP contribution >= 0.6 is 0 Å². The predicted octanol–water partition coefficient (Wildman–Crippen LogP) is 1.40. The number of hydrogen-bond donors (Lipinski definition) is 2. The first-order valence-corrected chi connectivity index (χ1v) is 7.01. The molecule has 19 heavy (non-hydrogen) atoms.